The monoisotopic (exact) mass is 328 g/mol. The highest BCUT2D eigenvalue weighted by atomic mass is 16.5. The number of amides is 2. The van der Waals surface area contributed by atoms with E-state index in [-0.39, 0.29) is 19.2 Å². The number of aryl methyl sites for hydroxylation is 1. The lowest BCUT2D eigenvalue weighted by atomic mass is 10.2. The van der Waals surface area contributed by atoms with E-state index in [2.05, 4.69) is 5.32 Å². The van der Waals surface area contributed by atoms with Gasteiger partial charge in [0.1, 0.15) is 5.75 Å². The van der Waals surface area contributed by atoms with Gasteiger partial charge in [0.25, 0.3) is 0 Å². The predicted octanol–water partition coefficient (Wildman–Crippen LogP) is 3.42. The third kappa shape index (κ3) is 4.99. The molecule has 2 rings (SSSR count). The number of urea groups is 1. The Kier molecular flexibility index (Phi) is 6.63. The van der Waals surface area contributed by atoms with Crippen molar-refractivity contribution in [3.8, 4) is 5.75 Å². The van der Waals surface area contributed by atoms with Crippen LogP contribution in [0.2, 0.25) is 0 Å². The molecule has 2 aromatic carbocycles. The molecule has 2 amide bonds. The Morgan fingerprint density at radius 3 is 2.58 bits per heavy atom. The van der Waals surface area contributed by atoms with Gasteiger partial charge in [-0.25, -0.2) is 4.79 Å². The summed E-state index contributed by atoms with van der Waals surface area (Å²) in [5.74, 6) is 0.782. The van der Waals surface area contributed by atoms with Crippen molar-refractivity contribution in [2.45, 2.75) is 20.4 Å². The van der Waals surface area contributed by atoms with Crippen LogP contribution in [0.5, 0.6) is 5.75 Å². The van der Waals surface area contributed by atoms with Crippen molar-refractivity contribution in [2.75, 3.05) is 25.1 Å². The van der Waals surface area contributed by atoms with Crippen LogP contribution in [0.3, 0.4) is 0 Å². The highest BCUT2D eigenvalue weighted by Gasteiger charge is 2.14. The van der Waals surface area contributed by atoms with Gasteiger partial charge in [-0.1, -0.05) is 30.3 Å². The van der Waals surface area contributed by atoms with Crippen LogP contribution < -0.4 is 10.1 Å². The molecular formula is C19H24N2O3. The maximum absolute atomic E-state index is 12.5. The normalized spacial score (nSPS) is 10.3. The summed E-state index contributed by atoms with van der Waals surface area (Å²) in [4.78, 5) is 14.1. The third-order valence-electron chi connectivity index (χ3n) is 3.62. The SMILES string of the molecule is CCOc1ccc(NC(=O)N(CCO)Cc2ccccc2)c(C)c1. The third-order valence-corrected chi connectivity index (χ3v) is 3.62. The molecule has 2 N–H and O–H groups in total. The summed E-state index contributed by atoms with van der Waals surface area (Å²) in [6.07, 6.45) is 0. The number of hydrogen-bond donors (Lipinski definition) is 2. The van der Waals surface area contributed by atoms with Crippen LogP contribution >= 0.6 is 0 Å². The molecule has 0 aliphatic heterocycles. The summed E-state index contributed by atoms with van der Waals surface area (Å²) >= 11 is 0. The molecule has 0 atom stereocenters. The van der Waals surface area contributed by atoms with Gasteiger partial charge < -0.3 is 20.1 Å². The number of aliphatic hydroxyl groups excluding tert-OH is 1. The molecule has 5 heteroatoms. The molecule has 5 nitrogen and oxygen atoms in total. The first kappa shape index (κ1) is 17.8. The molecule has 0 aromatic heterocycles. The quantitative estimate of drug-likeness (QED) is 0.818. The zero-order valence-corrected chi connectivity index (χ0v) is 14.2. The molecule has 0 fully saturated rings. The van der Waals surface area contributed by atoms with Crippen LogP contribution in [0, 0.1) is 6.92 Å². The van der Waals surface area contributed by atoms with Crippen LogP contribution in [-0.2, 0) is 6.54 Å². The van der Waals surface area contributed by atoms with Crippen molar-refractivity contribution in [3.63, 3.8) is 0 Å². The van der Waals surface area contributed by atoms with E-state index in [1.165, 1.54) is 0 Å². The fraction of sp³-hybridized carbons (Fsp3) is 0.316. The average Bonchev–Trinajstić information content (AvgIpc) is 2.58. The minimum atomic E-state index is -0.236. The first-order chi connectivity index (χ1) is 11.6. The smallest absolute Gasteiger partial charge is 0.322 e. The number of ether oxygens (including phenoxy) is 1. The van der Waals surface area contributed by atoms with E-state index < -0.39 is 0 Å². The van der Waals surface area contributed by atoms with E-state index in [1.54, 1.807) is 4.90 Å². The second-order valence-corrected chi connectivity index (χ2v) is 5.47. The minimum absolute atomic E-state index is 0.0808. The molecule has 0 saturated heterocycles. The lowest BCUT2D eigenvalue weighted by Gasteiger charge is -2.23. The maximum atomic E-state index is 12.5. The first-order valence-corrected chi connectivity index (χ1v) is 8.08. The van der Waals surface area contributed by atoms with Crippen LogP contribution in [0.25, 0.3) is 0 Å². The molecule has 0 saturated carbocycles. The van der Waals surface area contributed by atoms with Gasteiger partial charge in [-0.15, -0.1) is 0 Å². The summed E-state index contributed by atoms with van der Waals surface area (Å²) in [5, 5.41) is 12.1. The Morgan fingerprint density at radius 1 is 1.21 bits per heavy atom. The fourth-order valence-corrected chi connectivity index (χ4v) is 2.40. The Hall–Kier alpha value is -2.53. The van der Waals surface area contributed by atoms with Crippen molar-refractivity contribution in [1.82, 2.24) is 4.90 Å². The van der Waals surface area contributed by atoms with Crippen LogP contribution in [0.15, 0.2) is 48.5 Å². The van der Waals surface area contributed by atoms with Crippen molar-refractivity contribution in [2.24, 2.45) is 0 Å². The molecule has 0 unspecified atom stereocenters. The molecule has 24 heavy (non-hydrogen) atoms. The number of rotatable bonds is 7. The second-order valence-electron chi connectivity index (χ2n) is 5.47. The zero-order chi connectivity index (χ0) is 17.4. The zero-order valence-electron chi connectivity index (χ0n) is 14.2. The van der Waals surface area contributed by atoms with E-state index >= 15 is 0 Å². The van der Waals surface area contributed by atoms with Crippen molar-refractivity contribution >= 4 is 11.7 Å². The van der Waals surface area contributed by atoms with E-state index in [0.717, 1.165) is 22.6 Å². The number of anilines is 1. The Balaban J connectivity index is 2.07. The lowest BCUT2D eigenvalue weighted by molar-refractivity contribution is 0.185. The Morgan fingerprint density at radius 2 is 1.96 bits per heavy atom. The molecular weight excluding hydrogens is 304 g/mol. The van der Waals surface area contributed by atoms with Crippen molar-refractivity contribution in [3.05, 3.63) is 59.7 Å². The number of aliphatic hydroxyl groups is 1. The van der Waals surface area contributed by atoms with Crippen molar-refractivity contribution in [1.29, 1.82) is 0 Å². The van der Waals surface area contributed by atoms with E-state index in [9.17, 15) is 9.90 Å². The largest absolute Gasteiger partial charge is 0.494 e. The number of nitrogens with one attached hydrogen (secondary N) is 1. The van der Waals surface area contributed by atoms with Crippen molar-refractivity contribution < 1.29 is 14.6 Å². The standard InChI is InChI=1S/C19H24N2O3/c1-3-24-17-9-10-18(15(2)13-17)20-19(23)21(11-12-22)14-16-7-5-4-6-8-16/h4-10,13,22H,3,11-12,14H2,1-2H3,(H,20,23). The molecule has 0 radical (unpaired) electrons. The van der Waals surface area contributed by atoms with Crippen LogP contribution in [0.1, 0.15) is 18.1 Å². The van der Waals surface area contributed by atoms with Crippen LogP contribution in [0.4, 0.5) is 10.5 Å². The topological polar surface area (TPSA) is 61.8 Å². The molecule has 0 aliphatic carbocycles. The van der Waals surface area contributed by atoms with Gasteiger partial charge in [-0.2, -0.15) is 0 Å². The maximum Gasteiger partial charge on any atom is 0.322 e. The van der Waals surface area contributed by atoms with Gasteiger partial charge in [0.15, 0.2) is 0 Å². The number of carbonyl (C=O) groups excluding carboxylic acids is 1. The van der Waals surface area contributed by atoms with Gasteiger partial charge in [-0.3, -0.25) is 0 Å². The molecule has 0 spiro atoms. The van der Waals surface area contributed by atoms with E-state index in [1.807, 2.05) is 62.4 Å². The average molecular weight is 328 g/mol. The molecule has 0 bridgehead atoms. The number of hydrogen-bond acceptors (Lipinski definition) is 3. The van der Waals surface area contributed by atoms with Gasteiger partial charge in [0.2, 0.25) is 0 Å². The number of nitrogens with zero attached hydrogens (tertiary/aromatic N) is 1. The summed E-state index contributed by atoms with van der Waals surface area (Å²) in [5.41, 5.74) is 2.68. The highest BCUT2D eigenvalue weighted by molar-refractivity contribution is 5.90. The summed E-state index contributed by atoms with van der Waals surface area (Å²) in [6, 6.07) is 15.0. The summed E-state index contributed by atoms with van der Waals surface area (Å²) < 4.78 is 5.46. The predicted molar refractivity (Wildman–Crippen MR) is 95.3 cm³/mol. The Bertz CT molecular complexity index is 659. The fourth-order valence-electron chi connectivity index (χ4n) is 2.40. The van der Waals surface area contributed by atoms with Gasteiger partial charge in [-0.05, 0) is 43.2 Å². The van der Waals surface area contributed by atoms with E-state index in [0.29, 0.717) is 13.2 Å². The minimum Gasteiger partial charge on any atom is -0.494 e. The van der Waals surface area contributed by atoms with Gasteiger partial charge in [0, 0.05) is 18.8 Å². The Labute approximate surface area is 142 Å². The first-order valence-electron chi connectivity index (χ1n) is 8.08. The molecule has 0 heterocycles. The van der Waals surface area contributed by atoms with E-state index in [4.69, 9.17) is 4.74 Å². The van der Waals surface area contributed by atoms with Crippen LogP contribution in [-0.4, -0.2) is 35.8 Å². The highest BCUT2D eigenvalue weighted by Crippen LogP contribution is 2.22. The summed E-state index contributed by atoms with van der Waals surface area (Å²) in [7, 11) is 0. The molecule has 0 aliphatic rings. The lowest BCUT2D eigenvalue weighted by Crippen LogP contribution is -2.36. The van der Waals surface area contributed by atoms with Gasteiger partial charge in [0.05, 0.1) is 13.2 Å². The summed E-state index contributed by atoms with van der Waals surface area (Å²) in [6.45, 7) is 5.10. The van der Waals surface area contributed by atoms with Gasteiger partial charge >= 0.3 is 6.03 Å². The molecule has 2 aromatic rings. The number of benzene rings is 2. The second kappa shape index (κ2) is 8.93. The molecule has 128 valence electrons. The number of carbonyl (C=O) groups is 1.